The van der Waals surface area contributed by atoms with Crippen LogP contribution in [0.5, 0.6) is 0 Å². The van der Waals surface area contributed by atoms with Gasteiger partial charge in [0, 0.05) is 41.8 Å². The molecule has 6 rings (SSSR count). The Balaban J connectivity index is 0.000000208. The van der Waals surface area contributed by atoms with Crippen LogP contribution >= 0.6 is 23.2 Å². The SMILES string of the molecule is CC(C)(C)OC(=O)N1C[C@@H](N)[C@H](N2CCC(Cc3ccc(Cl)cc3)CC2)C1.CC(C)(C)OC(=O)N1C[C@@H](O)[C@H](N2CCC(Cc3ccc(Cl)cc3)CC2)C1. The Morgan fingerprint density at radius 1 is 0.648 bits per heavy atom. The molecule has 2 aromatic rings. The lowest BCUT2D eigenvalue weighted by atomic mass is 9.89. The second-order valence-electron chi connectivity index (χ2n) is 17.8. The van der Waals surface area contributed by atoms with Crippen LogP contribution in [0.2, 0.25) is 10.0 Å². The first-order valence-corrected chi connectivity index (χ1v) is 20.5. The number of aliphatic hydroxyl groups excluding tert-OH is 1. The fourth-order valence-corrected chi connectivity index (χ4v) is 8.41. The Hall–Kier alpha value is -2.60. The number of hydrogen-bond donors (Lipinski definition) is 2. The number of amides is 2. The number of β-amino-alcohol motifs (C(OH)–C–C–N with tert-alkyl or cyclic N) is 1. The maximum Gasteiger partial charge on any atom is 0.410 e. The van der Waals surface area contributed by atoms with Crippen molar-refractivity contribution in [3.05, 3.63) is 69.7 Å². The molecule has 0 unspecified atom stereocenters. The van der Waals surface area contributed by atoms with E-state index in [1.54, 1.807) is 9.80 Å². The van der Waals surface area contributed by atoms with E-state index in [-0.39, 0.29) is 30.3 Å². The molecule has 54 heavy (non-hydrogen) atoms. The van der Waals surface area contributed by atoms with E-state index in [4.69, 9.17) is 38.4 Å². The van der Waals surface area contributed by atoms with Crippen LogP contribution < -0.4 is 5.73 Å². The number of hydrogen-bond acceptors (Lipinski definition) is 8. The van der Waals surface area contributed by atoms with Crippen molar-refractivity contribution in [2.24, 2.45) is 17.6 Å². The summed E-state index contributed by atoms with van der Waals surface area (Å²) in [5.74, 6) is 1.35. The van der Waals surface area contributed by atoms with Gasteiger partial charge in [0.25, 0.3) is 0 Å². The van der Waals surface area contributed by atoms with Crippen molar-refractivity contribution in [3.8, 4) is 0 Å². The van der Waals surface area contributed by atoms with Gasteiger partial charge in [-0.05, 0) is 153 Å². The smallest absolute Gasteiger partial charge is 0.410 e. The molecule has 4 fully saturated rings. The van der Waals surface area contributed by atoms with Crippen molar-refractivity contribution in [2.45, 2.75) is 115 Å². The van der Waals surface area contributed by atoms with Crippen LogP contribution in [0.3, 0.4) is 0 Å². The summed E-state index contributed by atoms with van der Waals surface area (Å²) >= 11 is 11.9. The fourth-order valence-electron chi connectivity index (χ4n) is 8.16. The third kappa shape index (κ3) is 12.7. The van der Waals surface area contributed by atoms with E-state index in [1.807, 2.05) is 65.8 Å². The molecule has 4 atom stereocenters. The molecule has 0 spiro atoms. The molecule has 2 aromatic carbocycles. The molecule has 0 saturated carbocycles. The average Bonchev–Trinajstić information content (AvgIpc) is 3.69. The third-order valence-electron chi connectivity index (χ3n) is 11.0. The number of carbonyl (C=O) groups excluding carboxylic acids is 2. The second kappa shape index (κ2) is 18.6. The molecule has 4 aliphatic heterocycles. The van der Waals surface area contributed by atoms with Gasteiger partial charge in [0.05, 0.1) is 18.7 Å². The highest BCUT2D eigenvalue weighted by atomic mass is 35.5. The minimum Gasteiger partial charge on any atom is -0.444 e. The number of aliphatic hydroxyl groups is 1. The van der Waals surface area contributed by atoms with Crippen LogP contribution in [-0.2, 0) is 22.3 Å². The maximum absolute atomic E-state index is 12.3. The summed E-state index contributed by atoms with van der Waals surface area (Å²) < 4.78 is 10.9. The summed E-state index contributed by atoms with van der Waals surface area (Å²) in [6, 6.07) is 16.5. The first-order valence-electron chi connectivity index (χ1n) is 19.8. The number of carbonyl (C=O) groups is 2. The van der Waals surface area contributed by atoms with E-state index in [0.29, 0.717) is 38.0 Å². The van der Waals surface area contributed by atoms with Gasteiger partial charge in [-0.1, -0.05) is 47.5 Å². The minimum atomic E-state index is -0.514. The largest absolute Gasteiger partial charge is 0.444 e. The number of piperidine rings is 2. The molecular weight excluding hydrogens is 725 g/mol. The van der Waals surface area contributed by atoms with Crippen molar-refractivity contribution in [3.63, 3.8) is 0 Å². The molecule has 10 nitrogen and oxygen atoms in total. The Labute approximate surface area is 333 Å². The van der Waals surface area contributed by atoms with Gasteiger partial charge in [0.1, 0.15) is 11.2 Å². The van der Waals surface area contributed by atoms with Crippen molar-refractivity contribution in [2.75, 3.05) is 52.4 Å². The number of halogens is 2. The monoisotopic (exact) mass is 787 g/mol. The molecule has 3 N–H and O–H groups in total. The molecule has 0 aromatic heterocycles. The lowest BCUT2D eigenvalue weighted by molar-refractivity contribution is 0.0261. The van der Waals surface area contributed by atoms with E-state index in [1.165, 1.54) is 11.1 Å². The Morgan fingerprint density at radius 3 is 1.43 bits per heavy atom. The van der Waals surface area contributed by atoms with Gasteiger partial charge in [-0.2, -0.15) is 0 Å². The van der Waals surface area contributed by atoms with Gasteiger partial charge in [-0.25, -0.2) is 9.59 Å². The number of ether oxygens (including phenoxy) is 2. The first-order chi connectivity index (χ1) is 25.4. The number of benzene rings is 2. The number of nitrogens with two attached hydrogens (primary N) is 1. The van der Waals surface area contributed by atoms with Crippen LogP contribution in [0.1, 0.15) is 78.4 Å². The highest BCUT2D eigenvalue weighted by Gasteiger charge is 2.41. The predicted molar refractivity (Wildman–Crippen MR) is 216 cm³/mol. The van der Waals surface area contributed by atoms with Crippen LogP contribution in [0.4, 0.5) is 9.59 Å². The van der Waals surface area contributed by atoms with E-state index in [9.17, 15) is 14.7 Å². The highest BCUT2D eigenvalue weighted by Crippen LogP contribution is 2.29. The molecule has 2 amide bonds. The van der Waals surface area contributed by atoms with E-state index < -0.39 is 17.3 Å². The summed E-state index contributed by atoms with van der Waals surface area (Å²) in [6.45, 7) is 17.4. The van der Waals surface area contributed by atoms with E-state index in [0.717, 1.165) is 74.7 Å². The molecular formula is C42H63Cl2N5O5. The average molecular weight is 789 g/mol. The first kappa shape index (κ1) is 42.5. The second-order valence-corrected chi connectivity index (χ2v) is 18.6. The zero-order valence-corrected chi connectivity index (χ0v) is 34.7. The topological polar surface area (TPSA) is 112 Å². The fraction of sp³-hybridized carbons (Fsp3) is 0.667. The molecule has 300 valence electrons. The lowest BCUT2D eigenvalue weighted by Crippen LogP contribution is -2.50. The summed E-state index contributed by atoms with van der Waals surface area (Å²) in [4.78, 5) is 32.8. The zero-order valence-electron chi connectivity index (χ0n) is 33.2. The van der Waals surface area contributed by atoms with Gasteiger partial charge in [0.2, 0.25) is 0 Å². The number of rotatable bonds is 6. The van der Waals surface area contributed by atoms with Crippen LogP contribution in [-0.4, -0.2) is 125 Å². The molecule has 4 heterocycles. The molecule has 4 saturated heterocycles. The predicted octanol–water partition coefficient (Wildman–Crippen LogP) is 7.12. The summed E-state index contributed by atoms with van der Waals surface area (Å²) in [7, 11) is 0. The van der Waals surface area contributed by atoms with E-state index in [2.05, 4.69) is 34.1 Å². The van der Waals surface area contributed by atoms with Crippen molar-refractivity contribution >= 4 is 35.4 Å². The summed E-state index contributed by atoms with van der Waals surface area (Å²) in [5.41, 5.74) is 8.07. The molecule has 4 aliphatic rings. The molecule has 0 radical (unpaired) electrons. The number of nitrogens with zero attached hydrogens (tertiary/aromatic N) is 4. The van der Waals surface area contributed by atoms with Gasteiger partial charge in [-0.3, -0.25) is 9.80 Å². The normalized spacial score (nSPS) is 25.0. The quantitative estimate of drug-likeness (QED) is 0.319. The van der Waals surface area contributed by atoms with Crippen LogP contribution in [0.15, 0.2) is 48.5 Å². The Morgan fingerprint density at radius 2 is 1.02 bits per heavy atom. The van der Waals surface area contributed by atoms with E-state index >= 15 is 0 Å². The van der Waals surface area contributed by atoms with Crippen LogP contribution in [0.25, 0.3) is 0 Å². The van der Waals surface area contributed by atoms with Gasteiger partial charge < -0.3 is 30.1 Å². The van der Waals surface area contributed by atoms with Crippen molar-refractivity contribution in [1.29, 1.82) is 0 Å². The van der Waals surface area contributed by atoms with Crippen molar-refractivity contribution < 1.29 is 24.2 Å². The highest BCUT2D eigenvalue weighted by molar-refractivity contribution is 6.30. The van der Waals surface area contributed by atoms with Crippen molar-refractivity contribution in [1.82, 2.24) is 19.6 Å². The van der Waals surface area contributed by atoms with Gasteiger partial charge in [0.15, 0.2) is 0 Å². The zero-order chi connectivity index (χ0) is 39.2. The van der Waals surface area contributed by atoms with Gasteiger partial charge >= 0.3 is 12.2 Å². The molecule has 0 bridgehead atoms. The molecule has 0 aliphatic carbocycles. The Kier molecular flexibility index (Phi) is 14.6. The summed E-state index contributed by atoms with van der Waals surface area (Å²) in [6.07, 6.45) is 5.63. The summed E-state index contributed by atoms with van der Waals surface area (Å²) in [5, 5.41) is 12.0. The standard InChI is InChI=1S/C21H32ClN3O2.C21H31ClN2O3/c1-21(2,3)27-20(26)25-13-18(23)19(14-25)24-10-8-16(9-11-24)12-15-4-6-17(22)7-5-15;1-21(2,3)27-20(26)24-13-18(19(25)14-24)23-10-8-16(9-11-23)12-15-4-6-17(22)7-5-15/h4-7,16,18-19H,8-14,23H2,1-3H3;4-7,16,18-19,25H,8-14H2,1-3H3/t2*18-,19-/m11/s1. The maximum atomic E-state index is 12.3. The van der Waals surface area contributed by atoms with Crippen LogP contribution in [0, 0.1) is 11.8 Å². The minimum absolute atomic E-state index is 0.00833. The molecule has 12 heteroatoms. The third-order valence-corrected chi connectivity index (χ3v) is 11.5. The number of likely N-dealkylation sites (tertiary alicyclic amines) is 4. The Bertz CT molecular complexity index is 1390. The van der Waals surface area contributed by atoms with Gasteiger partial charge in [-0.15, -0.1) is 0 Å². The lowest BCUT2D eigenvalue weighted by Gasteiger charge is -2.37.